The van der Waals surface area contributed by atoms with Gasteiger partial charge in [0.25, 0.3) is 0 Å². The molecule has 0 spiro atoms. The average molecular weight is 1660 g/mol. The van der Waals surface area contributed by atoms with Gasteiger partial charge in [-0.3, -0.25) is 18.9 Å². The zero-order chi connectivity index (χ0) is 85.2. The quantitative estimate of drug-likeness (QED) is 0.0294. The smallest absolute Gasteiger partial charge is 0.316 e. The minimum absolute atomic E-state index is 0.103. The van der Waals surface area contributed by atoms with Gasteiger partial charge in [-0.15, -0.1) is 19.8 Å². The standard InChI is InChI=1S/C47H59N7O5S2.C42H49N7O5S2/c1-29-14-16-33(46(10,11)27-44(4,5)6)24-39(29)58-60(56)52-36-22-32(42-49-43-41(31(3)50-54(43)51-42)48-35-18-20-38(55)21-19-35)23-37(26-36)53-61(57)59-40-25-34(17-15-30(40)2)47(12,13)28-45(7,8)9;1-26-11-15-29(42(9,10)25-40(3,4)5)23-34(26)53-56(52)48-32-16-12-27(2)35(24-32)54-55(51)47-31-17-13-28(14-18-31)38-44-39-36(43-30-19-21-33(50)22-20-30)37(41(6,7)8)45-49(39)46-38/h14-26,52-53,55H,27-28H2,1-13H3;11-24,47-48,50H,25H2,1-10H3. The van der Waals surface area contributed by atoms with Gasteiger partial charge in [0.05, 0.1) is 39.9 Å². The topological polar surface area (TPSA) is 305 Å². The van der Waals surface area contributed by atoms with Crippen LogP contribution in [0, 0.1) is 49.4 Å². The van der Waals surface area contributed by atoms with Gasteiger partial charge in [-0.2, -0.15) is 27.0 Å². The first kappa shape index (κ1) is 87.2. The normalized spacial score (nSPS) is 14.9. The summed E-state index contributed by atoms with van der Waals surface area (Å²) < 4.78 is 89.2. The van der Waals surface area contributed by atoms with E-state index in [-0.39, 0.29) is 49.4 Å². The van der Waals surface area contributed by atoms with E-state index in [1.807, 2.05) is 83.1 Å². The largest absolute Gasteiger partial charge is 0.508 e. The monoisotopic (exact) mass is 1660 g/mol. The van der Waals surface area contributed by atoms with Gasteiger partial charge in [0.2, 0.25) is 11.6 Å². The van der Waals surface area contributed by atoms with E-state index in [1.165, 1.54) is 9.58 Å². The summed E-state index contributed by atoms with van der Waals surface area (Å²) in [5.41, 5.74) is 13.0. The Balaban J connectivity index is 0.000000231. The minimum atomic E-state index is -2.04. The molecule has 6 N–H and O–H groups in total. The Labute approximate surface area is 698 Å². The van der Waals surface area contributed by atoms with E-state index in [0.717, 1.165) is 69.5 Å². The van der Waals surface area contributed by atoms with E-state index in [0.29, 0.717) is 103 Å². The number of anilines is 4. The number of hydrogen-bond donors (Lipinski definition) is 6. The van der Waals surface area contributed by atoms with Gasteiger partial charge in [-0.1, -0.05) is 167 Å². The molecular weight excluding hydrogens is 1550 g/mol. The second kappa shape index (κ2) is 34.5. The Hall–Kier alpha value is -10.7. The molecule has 0 saturated carbocycles. The number of phenols is 2. The van der Waals surface area contributed by atoms with Crippen LogP contribution < -0.4 is 35.6 Å². The van der Waals surface area contributed by atoms with E-state index < -0.39 is 45.1 Å². The number of aromatic nitrogens is 6. The highest BCUT2D eigenvalue weighted by atomic mass is 32.2. The number of phenolic OH excluding ortho intramolecular Hbond substituents is 2. The lowest BCUT2D eigenvalue weighted by molar-refractivity contribution is 0.283. The highest BCUT2D eigenvalue weighted by Crippen LogP contribution is 2.43. The van der Waals surface area contributed by atoms with Crippen molar-refractivity contribution in [2.24, 2.45) is 41.8 Å². The first-order chi connectivity index (χ1) is 54.6. The van der Waals surface area contributed by atoms with Gasteiger partial charge >= 0.3 is 45.1 Å². The zero-order valence-electron chi connectivity index (χ0n) is 71.0. The molecule has 2 aliphatic heterocycles. The highest BCUT2D eigenvalue weighted by Gasteiger charge is 2.37. The predicted octanol–water partition coefficient (Wildman–Crippen LogP) is 20.7. The Morgan fingerprint density at radius 1 is 0.368 bits per heavy atom. The summed E-state index contributed by atoms with van der Waals surface area (Å²) in [4.78, 5) is 22.0. The Kier molecular flexibility index (Phi) is 25.7. The van der Waals surface area contributed by atoms with Crippen molar-refractivity contribution in [2.45, 2.75) is 195 Å². The first-order valence-corrected chi connectivity index (χ1v) is 42.9. The number of aryl methyl sites for hydroxylation is 4. The number of fused-ring (bicyclic) bond motifs is 2. The van der Waals surface area contributed by atoms with E-state index in [2.05, 4.69) is 177 Å². The molecule has 0 radical (unpaired) electrons. The van der Waals surface area contributed by atoms with E-state index >= 15 is 0 Å². The minimum Gasteiger partial charge on any atom is -0.508 e. The van der Waals surface area contributed by atoms with Crippen LogP contribution in [0.5, 0.6) is 34.5 Å². The lowest BCUT2D eigenvalue weighted by atomic mass is 9.72. The lowest BCUT2D eigenvalue weighted by Crippen LogP contribution is -2.27. The summed E-state index contributed by atoms with van der Waals surface area (Å²) in [6, 6.07) is 48.7. The molecular formula is C89H108N14O10S4. The third-order valence-corrected chi connectivity index (χ3v) is 22.3. The summed E-state index contributed by atoms with van der Waals surface area (Å²) >= 11 is -7.95. The number of aliphatic imine (C=N–C) groups is 2. The molecule has 10 aromatic rings. The van der Waals surface area contributed by atoms with Crippen LogP contribution in [0.2, 0.25) is 0 Å². The SMILES string of the molecule is CC1=Nn2nc(-c3cc(NS(=O)Oc4cc(C(C)(C)CC(C)(C)C)ccc4C)cc(NS(=O)Oc4cc(C(C)(C)CC(C)(C)C)ccc4C)c3)nc2C1=Nc1ccc(O)cc1.Cc1ccc(NS(=O)Oc2cc(C(C)(C)CC(C)(C)C)ccc2C)cc1OS(=O)Nc1ccc(-c2nc3n(n2)N=C(C(C)(C)C)C3=Nc2ccc(O)cc2)cc1. The average Bonchev–Trinajstić information content (AvgIpc) is 1.60. The van der Waals surface area contributed by atoms with Crippen molar-refractivity contribution in [1.29, 1.82) is 0 Å². The summed E-state index contributed by atoms with van der Waals surface area (Å²) in [5.74, 6) is 3.84. The second-order valence-corrected chi connectivity index (χ2v) is 39.8. The number of rotatable bonds is 26. The summed E-state index contributed by atoms with van der Waals surface area (Å²) in [7, 11) is 0. The Morgan fingerprint density at radius 2 is 0.701 bits per heavy atom. The molecule has 4 atom stereocenters. The molecule has 2 aromatic heterocycles. The number of nitrogens with one attached hydrogen (secondary N) is 4. The predicted molar refractivity (Wildman–Crippen MR) is 476 cm³/mol. The maximum Gasteiger partial charge on any atom is 0.316 e. The van der Waals surface area contributed by atoms with Crippen molar-refractivity contribution in [1.82, 2.24) is 29.7 Å². The molecule has 24 nitrogen and oxygen atoms in total. The van der Waals surface area contributed by atoms with Crippen LogP contribution in [-0.4, -0.2) is 79.6 Å². The van der Waals surface area contributed by atoms with Crippen molar-refractivity contribution < 1.29 is 43.8 Å². The second-order valence-electron chi connectivity index (χ2n) is 36.5. The molecule has 117 heavy (non-hydrogen) atoms. The first-order valence-electron chi connectivity index (χ1n) is 38.6. The van der Waals surface area contributed by atoms with Crippen molar-refractivity contribution in [3.63, 3.8) is 0 Å². The van der Waals surface area contributed by atoms with E-state index in [9.17, 15) is 27.0 Å². The summed E-state index contributed by atoms with van der Waals surface area (Å²) in [6.45, 7) is 48.8. The van der Waals surface area contributed by atoms with Gasteiger partial charge in [0.1, 0.15) is 45.9 Å². The molecule has 28 heteroatoms. The van der Waals surface area contributed by atoms with Crippen molar-refractivity contribution >= 4 is 102 Å². The van der Waals surface area contributed by atoms with Gasteiger partial charge in [-0.25, -0.2) is 20.0 Å². The lowest BCUT2D eigenvalue weighted by Gasteiger charge is -2.33. The molecule has 0 amide bonds. The molecule has 0 bridgehead atoms. The van der Waals surface area contributed by atoms with Crippen LogP contribution in [-0.2, 0) is 61.3 Å². The van der Waals surface area contributed by atoms with Gasteiger partial charge < -0.3 is 26.9 Å². The highest BCUT2D eigenvalue weighted by molar-refractivity contribution is 7.82. The van der Waals surface area contributed by atoms with Gasteiger partial charge in [0, 0.05) is 28.3 Å². The maximum atomic E-state index is 13.8. The molecule has 0 aliphatic carbocycles. The molecule has 4 unspecified atom stereocenters. The van der Waals surface area contributed by atoms with Crippen LogP contribution in [0.25, 0.3) is 22.8 Å². The molecule has 12 rings (SSSR count). The van der Waals surface area contributed by atoms with Crippen LogP contribution in [0.1, 0.15) is 201 Å². The van der Waals surface area contributed by atoms with E-state index in [4.69, 9.17) is 41.8 Å². The van der Waals surface area contributed by atoms with Crippen LogP contribution in [0.3, 0.4) is 0 Å². The van der Waals surface area contributed by atoms with Gasteiger partial charge in [0.15, 0.2) is 11.6 Å². The molecule has 618 valence electrons. The van der Waals surface area contributed by atoms with Crippen molar-refractivity contribution in [3.8, 4) is 57.3 Å². The molecule has 0 fully saturated rings. The third-order valence-electron chi connectivity index (χ3n) is 19.3. The number of aromatic hydroxyl groups is 2. The fourth-order valence-electron chi connectivity index (χ4n) is 14.7. The summed E-state index contributed by atoms with van der Waals surface area (Å²) in [5, 5.41) is 38.0. The number of hydrogen-bond acceptors (Lipinski definition) is 18. The zero-order valence-corrected chi connectivity index (χ0v) is 74.2. The van der Waals surface area contributed by atoms with Crippen molar-refractivity contribution in [2.75, 3.05) is 18.9 Å². The molecule has 2 aliphatic rings. The molecule has 4 heterocycles. The molecule has 8 aromatic carbocycles. The maximum absolute atomic E-state index is 13.8. The van der Waals surface area contributed by atoms with Crippen molar-refractivity contribution in [3.05, 3.63) is 214 Å². The Bertz CT molecular complexity index is 5470. The van der Waals surface area contributed by atoms with Crippen LogP contribution in [0.15, 0.2) is 184 Å². The van der Waals surface area contributed by atoms with Crippen LogP contribution in [0.4, 0.5) is 34.1 Å². The van der Waals surface area contributed by atoms with Gasteiger partial charge in [-0.05, 0) is 241 Å². The Morgan fingerprint density at radius 3 is 1.09 bits per heavy atom. The third kappa shape index (κ3) is 23.0. The van der Waals surface area contributed by atoms with E-state index in [1.54, 1.807) is 97.1 Å². The molecule has 0 saturated heterocycles. The van der Waals surface area contributed by atoms with Crippen LogP contribution >= 0.6 is 0 Å². The number of benzene rings is 8. The summed E-state index contributed by atoms with van der Waals surface area (Å²) in [6.07, 6.45) is 2.86. The fraction of sp³-hybridized carbons (Fsp3) is 0.371. The number of nitrogens with zero attached hydrogens (tertiary/aromatic N) is 10. The fourth-order valence-corrected chi connectivity index (χ4v) is 17.5.